The van der Waals surface area contributed by atoms with Crippen molar-refractivity contribution in [3.63, 3.8) is 0 Å². The van der Waals surface area contributed by atoms with Crippen LogP contribution in [0.3, 0.4) is 0 Å². The van der Waals surface area contributed by atoms with E-state index in [1.54, 1.807) is 7.11 Å². The molecular formula is C12H26N2O2. The van der Waals surface area contributed by atoms with Crippen LogP contribution in [0.4, 0.5) is 0 Å². The summed E-state index contributed by atoms with van der Waals surface area (Å²) in [5, 5.41) is 0. The first-order valence-corrected chi connectivity index (χ1v) is 6.07. The van der Waals surface area contributed by atoms with Gasteiger partial charge >= 0.3 is 0 Å². The second-order valence-corrected chi connectivity index (χ2v) is 5.31. The molecule has 4 heteroatoms. The van der Waals surface area contributed by atoms with Gasteiger partial charge in [-0.1, -0.05) is 6.92 Å². The Balaban J connectivity index is 2.58. The molecule has 0 radical (unpaired) electrons. The van der Waals surface area contributed by atoms with Crippen LogP contribution in [0, 0.1) is 5.92 Å². The number of ether oxygens (including phenoxy) is 2. The molecule has 0 saturated carbocycles. The fourth-order valence-corrected chi connectivity index (χ4v) is 2.45. The van der Waals surface area contributed by atoms with Crippen molar-refractivity contribution < 1.29 is 9.47 Å². The van der Waals surface area contributed by atoms with Gasteiger partial charge in [-0.15, -0.1) is 0 Å². The molecule has 1 aliphatic heterocycles. The van der Waals surface area contributed by atoms with Crippen molar-refractivity contribution in [2.75, 3.05) is 40.0 Å². The van der Waals surface area contributed by atoms with Crippen molar-refractivity contribution in [2.24, 2.45) is 11.7 Å². The van der Waals surface area contributed by atoms with Gasteiger partial charge in [0, 0.05) is 32.8 Å². The van der Waals surface area contributed by atoms with Crippen LogP contribution in [0.2, 0.25) is 0 Å². The molecule has 0 spiro atoms. The molecule has 1 fully saturated rings. The van der Waals surface area contributed by atoms with E-state index in [1.807, 2.05) is 0 Å². The minimum Gasteiger partial charge on any atom is -0.384 e. The molecule has 0 aromatic rings. The van der Waals surface area contributed by atoms with Crippen LogP contribution in [-0.4, -0.2) is 56.5 Å². The number of nitrogens with two attached hydrogens (primary N) is 1. The number of methoxy groups -OCH3 is 1. The lowest BCUT2D eigenvalue weighted by molar-refractivity contribution is -0.103. The smallest absolute Gasteiger partial charge is 0.0753 e. The normalized spacial score (nSPS) is 25.3. The zero-order chi connectivity index (χ0) is 12.2. The Bertz CT molecular complexity index is 209. The Kier molecular flexibility index (Phi) is 5.18. The number of hydrogen-bond donors (Lipinski definition) is 1. The molecule has 96 valence electrons. The molecular weight excluding hydrogens is 204 g/mol. The highest BCUT2D eigenvalue weighted by atomic mass is 16.5. The third-order valence-electron chi connectivity index (χ3n) is 3.25. The molecule has 0 aromatic heterocycles. The van der Waals surface area contributed by atoms with E-state index >= 15 is 0 Å². The molecule has 2 atom stereocenters. The van der Waals surface area contributed by atoms with Gasteiger partial charge in [-0.3, -0.25) is 4.90 Å². The van der Waals surface area contributed by atoms with Crippen LogP contribution in [-0.2, 0) is 9.47 Å². The second kappa shape index (κ2) is 5.96. The SMILES string of the molecule is COCC(C)C(CN)N1CCOC(C)(C)C1. The maximum Gasteiger partial charge on any atom is 0.0753 e. The van der Waals surface area contributed by atoms with Gasteiger partial charge in [0.15, 0.2) is 0 Å². The van der Waals surface area contributed by atoms with Gasteiger partial charge < -0.3 is 15.2 Å². The van der Waals surface area contributed by atoms with Crippen LogP contribution in [0.5, 0.6) is 0 Å². The average molecular weight is 230 g/mol. The van der Waals surface area contributed by atoms with Gasteiger partial charge in [-0.2, -0.15) is 0 Å². The Morgan fingerprint density at radius 3 is 2.69 bits per heavy atom. The van der Waals surface area contributed by atoms with E-state index in [-0.39, 0.29) is 5.60 Å². The zero-order valence-corrected chi connectivity index (χ0v) is 11.0. The number of nitrogens with zero attached hydrogens (tertiary/aromatic N) is 1. The topological polar surface area (TPSA) is 47.7 Å². The van der Waals surface area contributed by atoms with Crippen LogP contribution < -0.4 is 5.73 Å². The lowest BCUT2D eigenvalue weighted by Crippen LogP contribution is -2.56. The van der Waals surface area contributed by atoms with Gasteiger partial charge in [-0.05, 0) is 19.8 Å². The van der Waals surface area contributed by atoms with E-state index in [2.05, 4.69) is 25.7 Å². The van der Waals surface area contributed by atoms with Gasteiger partial charge in [-0.25, -0.2) is 0 Å². The van der Waals surface area contributed by atoms with E-state index in [9.17, 15) is 0 Å². The van der Waals surface area contributed by atoms with E-state index < -0.39 is 0 Å². The molecule has 2 N–H and O–H groups in total. The molecule has 1 heterocycles. The van der Waals surface area contributed by atoms with Gasteiger partial charge in [0.1, 0.15) is 0 Å². The first kappa shape index (κ1) is 13.9. The first-order chi connectivity index (χ1) is 7.50. The average Bonchev–Trinajstić information content (AvgIpc) is 2.17. The fourth-order valence-electron chi connectivity index (χ4n) is 2.45. The lowest BCUT2D eigenvalue weighted by Gasteiger charge is -2.43. The molecule has 16 heavy (non-hydrogen) atoms. The molecule has 0 aromatic carbocycles. The minimum absolute atomic E-state index is 0.0571. The lowest BCUT2D eigenvalue weighted by atomic mass is 9.98. The summed E-state index contributed by atoms with van der Waals surface area (Å²) < 4.78 is 10.9. The maximum atomic E-state index is 5.89. The Hall–Kier alpha value is -0.160. The van der Waals surface area contributed by atoms with Crippen molar-refractivity contribution in [2.45, 2.75) is 32.4 Å². The quantitative estimate of drug-likeness (QED) is 0.755. The van der Waals surface area contributed by atoms with E-state index in [1.165, 1.54) is 0 Å². The number of morpholine rings is 1. The standard InChI is InChI=1S/C12H26N2O2/c1-10(8-15-4)11(7-13)14-5-6-16-12(2,3)9-14/h10-11H,5-9,13H2,1-4H3. The summed E-state index contributed by atoms with van der Waals surface area (Å²) in [6.07, 6.45) is 0. The Morgan fingerprint density at radius 2 is 2.19 bits per heavy atom. The molecule has 2 unspecified atom stereocenters. The van der Waals surface area contributed by atoms with Crippen LogP contribution in [0.15, 0.2) is 0 Å². The number of rotatable bonds is 5. The summed E-state index contributed by atoms with van der Waals surface area (Å²) in [4.78, 5) is 2.44. The molecule has 4 nitrogen and oxygen atoms in total. The van der Waals surface area contributed by atoms with Crippen molar-refractivity contribution >= 4 is 0 Å². The summed E-state index contributed by atoms with van der Waals surface area (Å²) in [6, 6.07) is 0.392. The van der Waals surface area contributed by atoms with Gasteiger partial charge in [0.05, 0.1) is 18.8 Å². The first-order valence-electron chi connectivity index (χ1n) is 6.07. The zero-order valence-electron chi connectivity index (χ0n) is 11.0. The van der Waals surface area contributed by atoms with Crippen LogP contribution >= 0.6 is 0 Å². The van der Waals surface area contributed by atoms with E-state index in [0.29, 0.717) is 18.5 Å². The van der Waals surface area contributed by atoms with Crippen LogP contribution in [0.1, 0.15) is 20.8 Å². The maximum absolute atomic E-state index is 5.89. The molecule has 1 saturated heterocycles. The fraction of sp³-hybridized carbons (Fsp3) is 1.00. The molecule has 1 rings (SSSR count). The van der Waals surface area contributed by atoms with Crippen molar-refractivity contribution in [1.82, 2.24) is 4.90 Å². The summed E-state index contributed by atoms with van der Waals surface area (Å²) in [5.74, 6) is 0.462. The molecule has 0 amide bonds. The third-order valence-corrected chi connectivity index (χ3v) is 3.25. The van der Waals surface area contributed by atoms with Gasteiger partial charge in [0.2, 0.25) is 0 Å². The molecule has 0 bridgehead atoms. The predicted octanol–water partition coefficient (Wildman–Crippen LogP) is 0.707. The van der Waals surface area contributed by atoms with E-state index in [0.717, 1.165) is 26.3 Å². The highest BCUT2D eigenvalue weighted by Crippen LogP contribution is 2.21. The summed E-state index contributed by atoms with van der Waals surface area (Å²) in [7, 11) is 1.74. The highest BCUT2D eigenvalue weighted by Gasteiger charge is 2.32. The molecule has 0 aliphatic carbocycles. The van der Waals surface area contributed by atoms with E-state index in [4.69, 9.17) is 15.2 Å². The van der Waals surface area contributed by atoms with Crippen molar-refractivity contribution in [3.8, 4) is 0 Å². The van der Waals surface area contributed by atoms with Crippen LogP contribution in [0.25, 0.3) is 0 Å². The largest absolute Gasteiger partial charge is 0.384 e. The Labute approximate surface area is 99.1 Å². The predicted molar refractivity (Wildman–Crippen MR) is 65.5 cm³/mol. The highest BCUT2D eigenvalue weighted by molar-refractivity contribution is 4.86. The van der Waals surface area contributed by atoms with Crippen molar-refractivity contribution in [3.05, 3.63) is 0 Å². The molecule has 1 aliphatic rings. The Morgan fingerprint density at radius 1 is 1.50 bits per heavy atom. The number of hydrogen-bond acceptors (Lipinski definition) is 4. The summed E-state index contributed by atoms with van der Waals surface area (Å²) >= 11 is 0. The van der Waals surface area contributed by atoms with Crippen molar-refractivity contribution in [1.29, 1.82) is 0 Å². The summed E-state index contributed by atoms with van der Waals surface area (Å²) in [5.41, 5.74) is 5.83. The monoisotopic (exact) mass is 230 g/mol. The summed E-state index contributed by atoms with van der Waals surface area (Å²) in [6.45, 7) is 10.6. The van der Waals surface area contributed by atoms with Gasteiger partial charge in [0.25, 0.3) is 0 Å². The minimum atomic E-state index is -0.0571. The third kappa shape index (κ3) is 3.70. The second-order valence-electron chi connectivity index (χ2n) is 5.31.